The Morgan fingerprint density at radius 1 is 1.38 bits per heavy atom. The van der Waals surface area contributed by atoms with E-state index in [0.29, 0.717) is 24.2 Å². The molecule has 0 radical (unpaired) electrons. The van der Waals surface area contributed by atoms with Crippen LogP contribution < -0.4 is 4.74 Å². The second kappa shape index (κ2) is 7.53. The van der Waals surface area contributed by atoms with Crippen molar-refractivity contribution in [2.24, 2.45) is 5.92 Å². The molecular formula is C19H26N4O2S. The monoisotopic (exact) mass is 374 g/mol. The van der Waals surface area contributed by atoms with Crippen LogP contribution in [-0.2, 0) is 17.8 Å². The number of amides is 1. The molecule has 0 spiro atoms. The largest absolute Gasteiger partial charge is 0.465 e. The zero-order valence-corrected chi connectivity index (χ0v) is 16.1. The van der Waals surface area contributed by atoms with E-state index in [9.17, 15) is 10.1 Å². The molecule has 2 atom stereocenters. The summed E-state index contributed by atoms with van der Waals surface area (Å²) in [4.78, 5) is 22.1. The molecule has 26 heavy (non-hydrogen) atoms. The molecule has 3 heterocycles. The number of hydrogen-bond acceptors (Lipinski definition) is 6. The summed E-state index contributed by atoms with van der Waals surface area (Å²) in [6.07, 6.45) is 6.02. The molecule has 1 aromatic heterocycles. The van der Waals surface area contributed by atoms with E-state index in [-0.39, 0.29) is 17.9 Å². The van der Waals surface area contributed by atoms with Crippen LogP contribution >= 0.6 is 11.3 Å². The van der Waals surface area contributed by atoms with Gasteiger partial charge < -0.3 is 9.64 Å². The van der Waals surface area contributed by atoms with Crippen LogP contribution in [0.4, 0.5) is 0 Å². The summed E-state index contributed by atoms with van der Waals surface area (Å²) in [5.41, 5.74) is 1.06. The van der Waals surface area contributed by atoms with Crippen molar-refractivity contribution in [1.29, 1.82) is 5.26 Å². The number of thiazole rings is 1. The minimum absolute atomic E-state index is 0.0719. The van der Waals surface area contributed by atoms with E-state index in [1.54, 1.807) is 11.3 Å². The maximum Gasteiger partial charge on any atom is 0.274 e. The minimum atomic E-state index is -0.0940. The minimum Gasteiger partial charge on any atom is -0.465 e. The van der Waals surface area contributed by atoms with E-state index in [1.807, 2.05) is 11.8 Å². The number of likely N-dealkylation sites (tertiary alicyclic amines) is 1. The maximum atomic E-state index is 11.9. The first kappa shape index (κ1) is 17.7. The first-order valence-corrected chi connectivity index (χ1v) is 10.6. The zero-order valence-electron chi connectivity index (χ0n) is 15.3. The van der Waals surface area contributed by atoms with Gasteiger partial charge >= 0.3 is 0 Å². The van der Waals surface area contributed by atoms with Gasteiger partial charge in [-0.1, -0.05) is 24.7 Å². The average Bonchev–Trinajstić information content (AvgIpc) is 3.02. The van der Waals surface area contributed by atoms with Crippen LogP contribution in [0.3, 0.4) is 0 Å². The van der Waals surface area contributed by atoms with Gasteiger partial charge in [-0.25, -0.2) is 4.98 Å². The molecule has 2 fully saturated rings. The zero-order chi connectivity index (χ0) is 18.1. The van der Waals surface area contributed by atoms with E-state index in [2.05, 4.69) is 16.0 Å². The number of carbonyl (C=O) groups is 1. The molecule has 1 saturated heterocycles. The number of fused-ring (bicyclic) bond motifs is 1. The first-order chi connectivity index (χ1) is 12.7. The number of piperidine rings is 1. The number of aromatic nitrogens is 1. The number of nitrogens with zero attached hydrogens (tertiary/aromatic N) is 4. The average molecular weight is 375 g/mol. The van der Waals surface area contributed by atoms with Crippen molar-refractivity contribution >= 4 is 17.2 Å². The Labute approximate surface area is 158 Å². The standard InChI is InChI=1S/C19H26N4O2S/c1-2-18(24)23-8-6-15-17(12-23)26-19(21-15)25-16-7-9-22(11-13(16)10-20)14-4-3-5-14/h13-14,16H,2-9,11-12H2,1H3. The highest BCUT2D eigenvalue weighted by atomic mass is 32.1. The Morgan fingerprint density at radius 2 is 2.23 bits per heavy atom. The molecule has 1 aromatic rings. The third-order valence-electron chi connectivity index (χ3n) is 5.96. The Bertz CT molecular complexity index is 709. The van der Waals surface area contributed by atoms with Crippen molar-refractivity contribution in [2.75, 3.05) is 19.6 Å². The highest BCUT2D eigenvalue weighted by Crippen LogP contribution is 2.34. The third-order valence-corrected chi connectivity index (χ3v) is 6.93. The normalized spacial score (nSPS) is 26.7. The molecular weight excluding hydrogens is 348 g/mol. The van der Waals surface area contributed by atoms with Crippen LogP contribution in [0.5, 0.6) is 5.19 Å². The van der Waals surface area contributed by atoms with E-state index in [4.69, 9.17) is 4.74 Å². The summed E-state index contributed by atoms with van der Waals surface area (Å²) >= 11 is 1.55. The molecule has 4 rings (SSSR count). The van der Waals surface area contributed by atoms with Crippen LogP contribution in [0, 0.1) is 17.2 Å². The molecule has 0 aromatic carbocycles. The third kappa shape index (κ3) is 3.45. The summed E-state index contributed by atoms with van der Waals surface area (Å²) in [6.45, 7) is 5.11. The Morgan fingerprint density at radius 3 is 2.92 bits per heavy atom. The lowest BCUT2D eigenvalue weighted by atomic mass is 9.87. The van der Waals surface area contributed by atoms with Crippen LogP contribution in [0.15, 0.2) is 0 Å². The molecule has 1 saturated carbocycles. The molecule has 2 aliphatic heterocycles. The quantitative estimate of drug-likeness (QED) is 0.810. The van der Waals surface area contributed by atoms with Gasteiger partial charge in [-0.2, -0.15) is 5.26 Å². The Hall–Kier alpha value is -1.65. The molecule has 2 unspecified atom stereocenters. The van der Waals surface area contributed by atoms with E-state index < -0.39 is 0 Å². The van der Waals surface area contributed by atoms with Gasteiger partial charge in [0.15, 0.2) is 0 Å². The van der Waals surface area contributed by atoms with E-state index in [1.165, 1.54) is 19.3 Å². The van der Waals surface area contributed by atoms with Gasteiger partial charge in [-0.15, -0.1) is 0 Å². The molecule has 140 valence electrons. The molecule has 0 bridgehead atoms. The SMILES string of the molecule is CCC(=O)N1CCc2nc(OC3CCN(C4CCC4)CC3C#N)sc2C1. The van der Waals surface area contributed by atoms with Gasteiger partial charge in [-0.3, -0.25) is 9.69 Å². The van der Waals surface area contributed by atoms with Gasteiger partial charge in [0.05, 0.1) is 29.1 Å². The molecule has 6 nitrogen and oxygen atoms in total. The number of carbonyl (C=O) groups excluding carboxylic acids is 1. The van der Waals surface area contributed by atoms with Gasteiger partial charge in [0.25, 0.3) is 5.19 Å². The van der Waals surface area contributed by atoms with E-state index >= 15 is 0 Å². The number of ether oxygens (including phenoxy) is 1. The van der Waals surface area contributed by atoms with Crippen molar-refractivity contribution in [2.45, 2.75) is 64.1 Å². The van der Waals surface area contributed by atoms with Gasteiger partial charge in [-0.05, 0) is 19.3 Å². The lowest BCUT2D eigenvalue weighted by Crippen LogP contribution is -2.51. The Balaban J connectivity index is 1.39. The van der Waals surface area contributed by atoms with Gasteiger partial charge in [0.1, 0.15) is 6.10 Å². The highest BCUT2D eigenvalue weighted by molar-refractivity contribution is 7.13. The summed E-state index contributed by atoms with van der Waals surface area (Å²) in [5.74, 6) is 0.0999. The summed E-state index contributed by atoms with van der Waals surface area (Å²) < 4.78 is 6.17. The van der Waals surface area contributed by atoms with Crippen molar-refractivity contribution in [1.82, 2.24) is 14.8 Å². The highest BCUT2D eigenvalue weighted by Gasteiger charge is 2.36. The van der Waals surface area contributed by atoms with Crippen LogP contribution in [0.1, 0.15) is 49.6 Å². The topological polar surface area (TPSA) is 69.5 Å². The van der Waals surface area contributed by atoms with Crippen molar-refractivity contribution in [3.8, 4) is 11.3 Å². The van der Waals surface area contributed by atoms with Gasteiger partial charge in [0.2, 0.25) is 5.91 Å². The first-order valence-electron chi connectivity index (χ1n) is 9.74. The number of hydrogen-bond donors (Lipinski definition) is 0. The van der Waals surface area contributed by atoms with Gasteiger partial charge in [0, 0.05) is 38.5 Å². The summed E-state index contributed by atoms with van der Waals surface area (Å²) in [7, 11) is 0. The lowest BCUT2D eigenvalue weighted by molar-refractivity contribution is -0.131. The van der Waals surface area contributed by atoms with Crippen molar-refractivity contribution in [3.63, 3.8) is 0 Å². The van der Waals surface area contributed by atoms with Crippen LogP contribution in [0.2, 0.25) is 0 Å². The van der Waals surface area contributed by atoms with Crippen LogP contribution in [0.25, 0.3) is 0 Å². The molecule has 7 heteroatoms. The summed E-state index contributed by atoms with van der Waals surface area (Å²) in [6, 6.07) is 3.14. The second-order valence-electron chi connectivity index (χ2n) is 7.53. The maximum absolute atomic E-state index is 11.9. The molecule has 0 N–H and O–H groups in total. The van der Waals surface area contributed by atoms with E-state index in [0.717, 1.165) is 43.0 Å². The Kier molecular flexibility index (Phi) is 5.14. The lowest BCUT2D eigenvalue weighted by Gasteiger charge is -2.43. The fourth-order valence-electron chi connectivity index (χ4n) is 4.09. The fourth-order valence-corrected chi connectivity index (χ4v) is 5.12. The summed E-state index contributed by atoms with van der Waals surface area (Å²) in [5, 5.41) is 10.3. The molecule has 1 aliphatic carbocycles. The van der Waals surface area contributed by atoms with Crippen molar-refractivity contribution in [3.05, 3.63) is 10.6 Å². The smallest absolute Gasteiger partial charge is 0.274 e. The molecule has 1 amide bonds. The fraction of sp³-hybridized carbons (Fsp3) is 0.737. The number of rotatable bonds is 4. The molecule has 3 aliphatic rings. The van der Waals surface area contributed by atoms with Crippen LogP contribution in [-0.4, -0.2) is 52.5 Å². The predicted octanol–water partition coefficient (Wildman–Crippen LogP) is 2.58. The number of nitriles is 1. The van der Waals surface area contributed by atoms with Crippen molar-refractivity contribution < 1.29 is 9.53 Å². The predicted molar refractivity (Wildman–Crippen MR) is 98.9 cm³/mol. The second-order valence-corrected chi connectivity index (χ2v) is 8.57.